The van der Waals surface area contributed by atoms with Gasteiger partial charge in [-0.3, -0.25) is 0 Å². The van der Waals surface area contributed by atoms with Crippen molar-refractivity contribution >= 4 is 17.7 Å². The van der Waals surface area contributed by atoms with Crippen molar-refractivity contribution in [1.82, 2.24) is 0 Å². The molecule has 0 N–H and O–H groups in total. The van der Waals surface area contributed by atoms with E-state index >= 15 is 0 Å². The molecule has 0 amide bonds. The van der Waals surface area contributed by atoms with Crippen molar-refractivity contribution in [1.29, 1.82) is 0 Å². The summed E-state index contributed by atoms with van der Waals surface area (Å²) in [6.45, 7) is 5.70. The van der Waals surface area contributed by atoms with Gasteiger partial charge >= 0.3 is 41.9 Å². The summed E-state index contributed by atoms with van der Waals surface area (Å²) in [6.07, 6.45) is 0. The average molecular weight is 62.0 g/mol. The quantitative estimate of drug-likeness (QED) is 0.315. The first-order chi connectivity index (χ1) is 2.27. The Balaban J connectivity index is 2.85. The van der Waals surface area contributed by atoms with Gasteiger partial charge in [0.05, 0.1) is 0 Å². The predicted octanol–water partition coefficient (Wildman–Crippen LogP) is 1.15. The summed E-state index contributed by atoms with van der Waals surface area (Å²) in [5.74, 6) is 0. The molecule has 0 radical (unpaired) electrons. The van der Waals surface area contributed by atoms with E-state index in [1.54, 1.807) is 0 Å². The van der Waals surface area contributed by atoms with Crippen LogP contribution in [0, 0.1) is 0 Å². The van der Waals surface area contributed by atoms with E-state index in [-0.39, 0.29) is 0 Å². The molecule has 0 spiro atoms. The van der Waals surface area contributed by atoms with Gasteiger partial charge < -0.3 is 0 Å². The number of hydrogen-bond donors (Lipinski definition) is 0. The minimum atomic E-state index is 1.11. The molecule has 0 aromatic heterocycles. The molecule has 0 aliphatic rings. The van der Waals surface area contributed by atoms with Crippen LogP contribution in [0.4, 0.5) is 0 Å². The average Bonchev–Trinajstić information content (AvgIpc) is 1.38. The molecule has 0 unspecified atom stereocenters. The molecule has 0 atom stereocenters. The van der Waals surface area contributed by atoms with Crippen LogP contribution in [-0.4, -0.2) is 17.7 Å². The maximum absolute atomic E-state index is 3.67. The van der Waals surface area contributed by atoms with Gasteiger partial charge in [-0.1, -0.05) is 0 Å². The summed E-state index contributed by atoms with van der Waals surface area (Å²) in [5, 5.41) is 1.11. The molecule has 1 heteroatoms. The zero-order chi connectivity index (χ0) is 4.28. The monoisotopic (exact) mass is 62.1 g/mol. The Hall–Kier alpha value is 0.337. The topological polar surface area (TPSA) is 0 Å². The van der Waals surface area contributed by atoms with Crippen molar-refractivity contribution in [3.05, 3.63) is 12.2 Å². The number of hydrogen-bond acceptors (Lipinski definition) is 0. The molecule has 0 aromatic rings. The van der Waals surface area contributed by atoms with Crippen LogP contribution in [0.2, 0.25) is 5.09 Å². The van der Waals surface area contributed by atoms with Crippen molar-refractivity contribution in [3.63, 3.8) is 0 Å². The number of rotatable bonds is 1. The first-order valence-corrected chi connectivity index (χ1v) is 1.91. The summed E-state index contributed by atoms with van der Waals surface area (Å²) in [5.41, 5.74) is 1.25. The first-order valence-electron chi connectivity index (χ1n) is 1.91. The van der Waals surface area contributed by atoms with E-state index in [0.29, 0.717) is 0 Å². The molecule has 24 valence electrons. The van der Waals surface area contributed by atoms with Crippen molar-refractivity contribution < 1.29 is 0 Å². The van der Waals surface area contributed by atoms with Gasteiger partial charge in [0, 0.05) is 0 Å². The standard InChI is InChI=1S/C4H7.Li/c1-4(2)3;/h1-2H2,3H3;. The van der Waals surface area contributed by atoms with Gasteiger partial charge in [-0.25, -0.2) is 0 Å². The third-order valence-corrected chi connectivity index (χ3v) is 0.604. The van der Waals surface area contributed by atoms with E-state index in [1.165, 1.54) is 5.57 Å². The zero-order valence-electron chi connectivity index (χ0n) is 3.91. The summed E-state index contributed by atoms with van der Waals surface area (Å²) in [7, 11) is 0. The molecule has 0 rings (SSSR count). The Morgan fingerprint density at radius 1 is 2.00 bits per heavy atom. The fourth-order valence-electron chi connectivity index (χ4n) is 0. The van der Waals surface area contributed by atoms with Crippen molar-refractivity contribution in [2.24, 2.45) is 0 Å². The molecule has 0 saturated carbocycles. The Labute approximate surface area is 42.5 Å². The van der Waals surface area contributed by atoms with E-state index < -0.39 is 0 Å². The molecule has 0 aliphatic heterocycles. The van der Waals surface area contributed by atoms with Gasteiger partial charge in [0.1, 0.15) is 0 Å². The molecular weight excluding hydrogens is 55.0 g/mol. The predicted molar refractivity (Wildman–Crippen MR) is 25.4 cm³/mol. The van der Waals surface area contributed by atoms with Crippen LogP contribution < -0.4 is 0 Å². The molecular formula is C4H7Li. The van der Waals surface area contributed by atoms with Crippen LogP contribution >= 0.6 is 0 Å². The Morgan fingerprint density at radius 3 is 2.20 bits per heavy atom. The second-order valence-electron chi connectivity index (χ2n) is 1.31. The summed E-state index contributed by atoms with van der Waals surface area (Å²) in [4.78, 5) is 0. The van der Waals surface area contributed by atoms with E-state index in [2.05, 4.69) is 24.3 Å². The normalized spacial score (nSPS) is 7.80. The molecule has 0 heterocycles. The van der Waals surface area contributed by atoms with Gasteiger partial charge in [-0.2, -0.15) is 0 Å². The van der Waals surface area contributed by atoms with Crippen LogP contribution in [0.15, 0.2) is 12.2 Å². The first kappa shape index (κ1) is 5.34. The van der Waals surface area contributed by atoms with Crippen molar-refractivity contribution in [2.45, 2.75) is 12.0 Å². The molecule has 0 nitrogen and oxygen atoms in total. The molecule has 0 fully saturated rings. The van der Waals surface area contributed by atoms with Gasteiger partial charge in [0.15, 0.2) is 0 Å². The zero-order valence-corrected chi connectivity index (χ0v) is 3.91. The Bertz CT molecular complexity index is 38.9. The molecule has 0 aliphatic carbocycles. The molecule has 0 saturated heterocycles. The molecule has 0 aromatic carbocycles. The Morgan fingerprint density at radius 2 is 2.20 bits per heavy atom. The van der Waals surface area contributed by atoms with Gasteiger partial charge in [-0.15, -0.1) is 0 Å². The van der Waals surface area contributed by atoms with Crippen LogP contribution in [0.25, 0.3) is 0 Å². The van der Waals surface area contributed by atoms with E-state index in [1.807, 2.05) is 6.92 Å². The summed E-state index contributed by atoms with van der Waals surface area (Å²) >= 11 is 2.10. The van der Waals surface area contributed by atoms with E-state index in [0.717, 1.165) is 5.09 Å². The fourth-order valence-corrected chi connectivity index (χ4v) is 0. The van der Waals surface area contributed by atoms with Gasteiger partial charge in [0.2, 0.25) is 0 Å². The van der Waals surface area contributed by atoms with Crippen LogP contribution in [-0.2, 0) is 0 Å². The van der Waals surface area contributed by atoms with Crippen molar-refractivity contribution in [2.75, 3.05) is 0 Å². The van der Waals surface area contributed by atoms with E-state index in [9.17, 15) is 0 Å². The fraction of sp³-hybridized carbons (Fsp3) is 0.500. The Kier molecular flexibility index (Phi) is 2.74. The summed E-state index contributed by atoms with van der Waals surface area (Å²) in [6, 6.07) is 0. The van der Waals surface area contributed by atoms with Crippen LogP contribution in [0.1, 0.15) is 6.92 Å². The molecule has 5 heavy (non-hydrogen) atoms. The van der Waals surface area contributed by atoms with Gasteiger partial charge in [0.25, 0.3) is 0 Å². The third kappa shape index (κ3) is 4.34. The van der Waals surface area contributed by atoms with Gasteiger partial charge in [-0.05, 0) is 0 Å². The second kappa shape index (κ2) is 2.57. The summed E-state index contributed by atoms with van der Waals surface area (Å²) < 4.78 is 0. The number of allylic oxidation sites excluding steroid dienone is 1. The molecule has 0 bridgehead atoms. The van der Waals surface area contributed by atoms with Crippen LogP contribution in [0.5, 0.6) is 0 Å². The van der Waals surface area contributed by atoms with Crippen molar-refractivity contribution in [3.8, 4) is 0 Å². The maximum atomic E-state index is 3.67. The second-order valence-corrected chi connectivity index (χ2v) is 1.31. The van der Waals surface area contributed by atoms with Crippen LogP contribution in [0.3, 0.4) is 0 Å². The SMILES string of the molecule is [Li][CH2]C(=C)C. The minimum absolute atomic E-state index is 1.11. The third-order valence-electron chi connectivity index (χ3n) is 0.604. The van der Waals surface area contributed by atoms with E-state index in [4.69, 9.17) is 0 Å².